The van der Waals surface area contributed by atoms with Crippen molar-refractivity contribution in [3.8, 4) is 0 Å². The quantitative estimate of drug-likeness (QED) is 0.370. The number of benzene rings is 1. The van der Waals surface area contributed by atoms with E-state index in [9.17, 15) is 14.4 Å². The number of carbonyl (C=O) groups is 3. The van der Waals surface area contributed by atoms with E-state index in [1.165, 1.54) is 32.1 Å². The molecule has 4 N–H and O–H groups in total. The van der Waals surface area contributed by atoms with Gasteiger partial charge in [0.25, 0.3) is 5.91 Å². The van der Waals surface area contributed by atoms with Crippen LogP contribution in [0.1, 0.15) is 81.5 Å². The zero-order valence-electron chi connectivity index (χ0n) is 17.6. The molecule has 164 valence electrons. The van der Waals surface area contributed by atoms with Gasteiger partial charge in [0, 0.05) is 24.1 Å². The predicted octanol–water partition coefficient (Wildman–Crippen LogP) is 3.81. The monoisotopic (exact) mass is 432 g/mol. The van der Waals surface area contributed by atoms with Crippen molar-refractivity contribution in [3.05, 3.63) is 29.8 Å². The Morgan fingerprint density at radius 2 is 1.67 bits per heavy atom. The third-order valence-electron chi connectivity index (χ3n) is 5.24. The Kier molecular flexibility index (Phi) is 10.3. The van der Waals surface area contributed by atoms with Crippen molar-refractivity contribution >= 4 is 40.7 Å². The van der Waals surface area contributed by atoms with Crippen LogP contribution in [-0.2, 0) is 9.59 Å². The fraction of sp³-hybridized carbons (Fsp3) is 0.545. The van der Waals surface area contributed by atoms with Gasteiger partial charge in [0.15, 0.2) is 5.11 Å². The van der Waals surface area contributed by atoms with Crippen molar-refractivity contribution < 1.29 is 14.4 Å². The Labute approximate surface area is 183 Å². The van der Waals surface area contributed by atoms with Crippen LogP contribution in [0.25, 0.3) is 0 Å². The van der Waals surface area contributed by atoms with Crippen LogP contribution in [0, 0.1) is 5.92 Å². The minimum absolute atomic E-state index is 0.0414. The largest absolute Gasteiger partial charge is 0.326 e. The first-order chi connectivity index (χ1) is 14.5. The van der Waals surface area contributed by atoms with Gasteiger partial charge in [-0.3, -0.25) is 25.2 Å². The maximum atomic E-state index is 12.2. The second-order valence-corrected chi connectivity index (χ2v) is 8.14. The summed E-state index contributed by atoms with van der Waals surface area (Å²) in [6.07, 6.45) is 9.81. The minimum Gasteiger partial charge on any atom is -0.326 e. The fourth-order valence-corrected chi connectivity index (χ4v) is 3.65. The molecule has 0 saturated heterocycles. The van der Waals surface area contributed by atoms with E-state index in [0.717, 1.165) is 19.3 Å². The van der Waals surface area contributed by atoms with E-state index >= 15 is 0 Å². The van der Waals surface area contributed by atoms with Crippen LogP contribution in [0.3, 0.4) is 0 Å². The van der Waals surface area contributed by atoms with Gasteiger partial charge in [-0.25, -0.2) is 0 Å². The van der Waals surface area contributed by atoms with E-state index < -0.39 is 5.91 Å². The van der Waals surface area contributed by atoms with Crippen LogP contribution in [0.15, 0.2) is 24.3 Å². The smallest absolute Gasteiger partial charge is 0.269 e. The lowest BCUT2D eigenvalue weighted by Crippen LogP contribution is -2.48. The summed E-state index contributed by atoms with van der Waals surface area (Å²) in [5.41, 5.74) is 6.06. The number of unbranched alkanes of at least 4 members (excludes halogenated alkanes) is 1. The fourth-order valence-electron chi connectivity index (χ4n) is 3.48. The maximum absolute atomic E-state index is 12.2. The van der Waals surface area contributed by atoms with E-state index in [2.05, 4.69) is 21.5 Å². The zero-order valence-corrected chi connectivity index (χ0v) is 18.4. The van der Waals surface area contributed by atoms with Crippen molar-refractivity contribution in [2.75, 3.05) is 5.32 Å². The maximum Gasteiger partial charge on any atom is 0.269 e. The summed E-state index contributed by atoms with van der Waals surface area (Å²) in [6.45, 7) is 2.03. The number of nitrogens with one attached hydrogen (secondary N) is 4. The lowest BCUT2D eigenvalue weighted by atomic mass is 9.86. The summed E-state index contributed by atoms with van der Waals surface area (Å²) < 4.78 is 0. The van der Waals surface area contributed by atoms with Gasteiger partial charge in [0.1, 0.15) is 0 Å². The molecule has 7 nitrogen and oxygen atoms in total. The van der Waals surface area contributed by atoms with Crippen LogP contribution in [-0.4, -0.2) is 22.8 Å². The topological polar surface area (TPSA) is 99.3 Å². The molecule has 1 aromatic rings. The van der Waals surface area contributed by atoms with Crippen molar-refractivity contribution in [1.82, 2.24) is 16.2 Å². The van der Waals surface area contributed by atoms with Crippen molar-refractivity contribution in [3.63, 3.8) is 0 Å². The van der Waals surface area contributed by atoms with Crippen molar-refractivity contribution in [1.29, 1.82) is 0 Å². The highest BCUT2D eigenvalue weighted by Gasteiger charge is 2.15. The molecule has 1 saturated carbocycles. The van der Waals surface area contributed by atoms with Gasteiger partial charge in [0.2, 0.25) is 11.8 Å². The van der Waals surface area contributed by atoms with Crippen LogP contribution >= 0.6 is 12.2 Å². The summed E-state index contributed by atoms with van der Waals surface area (Å²) in [5, 5.41) is 5.46. The number of hydrazine groups is 1. The number of amides is 3. The number of rotatable bonds is 8. The number of hydrogen-bond donors (Lipinski definition) is 4. The van der Waals surface area contributed by atoms with E-state index in [1.54, 1.807) is 24.3 Å². The molecule has 0 bridgehead atoms. The van der Waals surface area contributed by atoms with Crippen LogP contribution in [0.2, 0.25) is 0 Å². The standard InChI is InChI=1S/C22H32N4O3S/c1-2-3-9-19(27)23-18-13-11-17(12-14-18)21(29)25-26-22(30)24-20(28)15-10-16-7-5-4-6-8-16/h11-14,16H,2-10,15H2,1H3,(H,23,27)(H,25,29)(H2,24,26,28,30). The van der Waals surface area contributed by atoms with Crippen molar-refractivity contribution in [2.45, 2.75) is 71.1 Å². The lowest BCUT2D eigenvalue weighted by Gasteiger charge is -2.21. The van der Waals surface area contributed by atoms with Gasteiger partial charge in [-0.15, -0.1) is 0 Å². The summed E-state index contributed by atoms with van der Waals surface area (Å²) >= 11 is 5.07. The van der Waals surface area contributed by atoms with Crippen LogP contribution < -0.4 is 21.5 Å². The molecule has 2 rings (SSSR count). The lowest BCUT2D eigenvalue weighted by molar-refractivity contribution is -0.120. The van der Waals surface area contributed by atoms with Gasteiger partial charge in [-0.2, -0.15) is 0 Å². The Bertz CT molecular complexity index is 730. The Hall–Kier alpha value is -2.48. The third kappa shape index (κ3) is 8.90. The molecular weight excluding hydrogens is 400 g/mol. The molecule has 0 atom stereocenters. The average Bonchev–Trinajstić information content (AvgIpc) is 2.76. The number of thiocarbonyl (C=S) groups is 1. The van der Waals surface area contributed by atoms with Crippen molar-refractivity contribution in [2.24, 2.45) is 5.92 Å². The summed E-state index contributed by atoms with van der Waals surface area (Å²) in [5.74, 6) is 0.0542. The number of carbonyl (C=O) groups excluding carboxylic acids is 3. The van der Waals surface area contributed by atoms with Gasteiger partial charge in [-0.05, 0) is 55.2 Å². The molecule has 0 aliphatic heterocycles. The zero-order chi connectivity index (χ0) is 21.8. The van der Waals surface area contributed by atoms with Gasteiger partial charge >= 0.3 is 0 Å². The highest BCUT2D eigenvalue weighted by Crippen LogP contribution is 2.27. The molecular formula is C22H32N4O3S. The molecule has 3 amide bonds. The molecule has 0 radical (unpaired) electrons. The third-order valence-corrected chi connectivity index (χ3v) is 5.44. The Morgan fingerprint density at radius 1 is 0.967 bits per heavy atom. The molecule has 8 heteroatoms. The first kappa shape index (κ1) is 23.8. The highest BCUT2D eigenvalue weighted by molar-refractivity contribution is 7.80. The second-order valence-electron chi connectivity index (χ2n) is 7.73. The van der Waals surface area contributed by atoms with E-state index in [4.69, 9.17) is 12.2 Å². The summed E-state index contributed by atoms with van der Waals surface area (Å²) in [7, 11) is 0. The average molecular weight is 433 g/mol. The van der Waals surface area contributed by atoms with Gasteiger partial charge in [0.05, 0.1) is 0 Å². The number of anilines is 1. The molecule has 0 spiro atoms. The molecule has 0 aromatic heterocycles. The van der Waals surface area contributed by atoms with Crippen LogP contribution in [0.5, 0.6) is 0 Å². The molecule has 1 aliphatic rings. The van der Waals surface area contributed by atoms with E-state index in [-0.39, 0.29) is 16.9 Å². The first-order valence-corrected chi connectivity index (χ1v) is 11.2. The normalized spacial score (nSPS) is 13.9. The van der Waals surface area contributed by atoms with E-state index in [0.29, 0.717) is 30.0 Å². The summed E-state index contributed by atoms with van der Waals surface area (Å²) in [6, 6.07) is 6.56. The Balaban J connectivity index is 1.68. The molecule has 1 fully saturated rings. The van der Waals surface area contributed by atoms with Gasteiger partial charge in [-0.1, -0.05) is 45.4 Å². The second kappa shape index (κ2) is 13.0. The van der Waals surface area contributed by atoms with Crippen LogP contribution in [0.4, 0.5) is 5.69 Å². The predicted molar refractivity (Wildman–Crippen MR) is 122 cm³/mol. The minimum atomic E-state index is -0.391. The molecule has 0 unspecified atom stereocenters. The molecule has 1 aromatic carbocycles. The highest BCUT2D eigenvalue weighted by atomic mass is 32.1. The first-order valence-electron chi connectivity index (χ1n) is 10.8. The molecule has 0 heterocycles. The van der Waals surface area contributed by atoms with E-state index in [1.807, 2.05) is 6.92 Å². The SMILES string of the molecule is CCCCC(=O)Nc1ccc(C(=O)NNC(=S)NC(=O)CCC2CCCCC2)cc1. The molecule has 1 aliphatic carbocycles. The summed E-state index contributed by atoms with van der Waals surface area (Å²) in [4.78, 5) is 36.0. The van der Waals surface area contributed by atoms with Gasteiger partial charge < -0.3 is 10.6 Å². The molecule has 30 heavy (non-hydrogen) atoms. The number of hydrogen-bond acceptors (Lipinski definition) is 4. The Morgan fingerprint density at radius 3 is 2.33 bits per heavy atom.